The van der Waals surface area contributed by atoms with Crippen LogP contribution in [0.2, 0.25) is 0 Å². The van der Waals surface area contributed by atoms with Crippen molar-refractivity contribution in [2.75, 3.05) is 51.2 Å². The molecule has 2 heterocycles. The third kappa shape index (κ3) is 4.53. The van der Waals surface area contributed by atoms with Gasteiger partial charge in [0.15, 0.2) is 5.69 Å². The van der Waals surface area contributed by atoms with Gasteiger partial charge in [0.1, 0.15) is 17.3 Å². The second-order valence-corrected chi connectivity index (χ2v) is 7.42. The Hall–Kier alpha value is -2.75. The lowest BCUT2D eigenvalue weighted by Gasteiger charge is -2.39. The van der Waals surface area contributed by atoms with Gasteiger partial charge in [0, 0.05) is 39.3 Å². The molecule has 0 spiro atoms. The molecule has 1 aliphatic rings. The smallest absolute Gasteiger partial charge is 0.433 e. The van der Waals surface area contributed by atoms with Crippen molar-refractivity contribution < 1.29 is 27.8 Å². The Balaban J connectivity index is 1.86. The highest BCUT2D eigenvalue weighted by molar-refractivity contribution is 5.47. The summed E-state index contributed by atoms with van der Waals surface area (Å²) in [6.45, 7) is 0.592. The van der Waals surface area contributed by atoms with E-state index in [1.54, 1.807) is 37.2 Å². The first-order chi connectivity index (χ1) is 14.1. The molecule has 10 heteroatoms. The van der Waals surface area contributed by atoms with E-state index < -0.39 is 17.5 Å². The molecule has 0 atom stereocenters. The van der Waals surface area contributed by atoms with E-state index in [0.717, 1.165) is 6.07 Å². The Labute approximate surface area is 173 Å². The number of benzene rings is 1. The summed E-state index contributed by atoms with van der Waals surface area (Å²) in [7, 11) is 6.30. The summed E-state index contributed by atoms with van der Waals surface area (Å²) in [6.07, 6.45) is -3.99. The predicted molar refractivity (Wildman–Crippen MR) is 106 cm³/mol. The van der Waals surface area contributed by atoms with Crippen molar-refractivity contribution >= 4 is 11.8 Å². The normalized spacial score (nSPS) is 16.3. The highest BCUT2D eigenvalue weighted by Gasteiger charge is 2.38. The van der Waals surface area contributed by atoms with E-state index >= 15 is 0 Å². The molecule has 1 fully saturated rings. The average Bonchev–Trinajstić information content (AvgIpc) is 2.72. The third-order valence-corrected chi connectivity index (χ3v) is 5.21. The number of rotatable bonds is 5. The number of aliphatic hydroxyl groups is 1. The van der Waals surface area contributed by atoms with Crippen molar-refractivity contribution in [2.24, 2.45) is 0 Å². The minimum atomic E-state index is -4.57. The molecule has 0 radical (unpaired) electrons. The summed E-state index contributed by atoms with van der Waals surface area (Å²) < 4.78 is 50.4. The summed E-state index contributed by atoms with van der Waals surface area (Å²) in [5.74, 6) is 1.28. The van der Waals surface area contributed by atoms with Crippen molar-refractivity contribution in [1.29, 1.82) is 0 Å². The van der Waals surface area contributed by atoms with Crippen molar-refractivity contribution in [2.45, 2.75) is 24.6 Å². The number of hydrogen-bond donors (Lipinski definition) is 1. The van der Waals surface area contributed by atoms with E-state index in [1.165, 1.54) is 19.1 Å². The SMILES string of the molecule is COc1cc(OC)cc(C2(O)CCN(c3nc(N(C)C)cc(C(F)(F)F)n3)CC2)c1. The number of hydrogen-bond acceptors (Lipinski definition) is 7. The van der Waals surface area contributed by atoms with Crippen LogP contribution in [-0.4, -0.2) is 56.5 Å². The zero-order valence-electron chi connectivity index (χ0n) is 17.3. The van der Waals surface area contributed by atoms with Crippen molar-refractivity contribution in [1.82, 2.24) is 9.97 Å². The fourth-order valence-electron chi connectivity index (χ4n) is 3.38. The van der Waals surface area contributed by atoms with E-state index in [2.05, 4.69) is 9.97 Å². The van der Waals surface area contributed by atoms with Gasteiger partial charge in [0.2, 0.25) is 5.95 Å². The third-order valence-electron chi connectivity index (χ3n) is 5.21. The Bertz CT molecular complexity index is 875. The topological polar surface area (TPSA) is 71.0 Å². The quantitative estimate of drug-likeness (QED) is 0.788. The van der Waals surface area contributed by atoms with Crippen LogP contribution in [0.3, 0.4) is 0 Å². The fraction of sp³-hybridized carbons (Fsp3) is 0.500. The monoisotopic (exact) mass is 426 g/mol. The Morgan fingerprint density at radius 2 is 1.57 bits per heavy atom. The molecule has 7 nitrogen and oxygen atoms in total. The Morgan fingerprint density at radius 1 is 1.00 bits per heavy atom. The van der Waals surface area contributed by atoms with Gasteiger partial charge in [0.25, 0.3) is 0 Å². The molecule has 1 N–H and O–H groups in total. The highest BCUT2D eigenvalue weighted by Crippen LogP contribution is 2.38. The maximum atomic E-state index is 13.3. The summed E-state index contributed by atoms with van der Waals surface area (Å²) in [6, 6.07) is 6.11. The molecule has 0 bridgehead atoms. The fourth-order valence-corrected chi connectivity index (χ4v) is 3.38. The van der Waals surface area contributed by atoms with Gasteiger partial charge < -0.3 is 24.4 Å². The van der Waals surface area contributed by atoms with Crippen LogP contribution in [0.4, 0.5) is 24.9 Å². The lowest BCUT2D eigenvalue weighted by molar-refractivity contribution is -0.141. The van der Waals surface area contributed by atoms with Gasteiger partial charge in [-0.2, -0.15) is 18.2 Å². The van der Waals surface area contributed by atoms with Crippen molar-refractivity contribution in [3.8, 4) is 11.5 Å². The average molecular weight is 426 g/mol. The molecule has 1 saturated heterocycles. The van der Waals surface area contributed by atoms with Crippen LogP contribution in [0.15, 0.2) is 24.3 Å². The molecule has 3 rings (SSSR count). The summed E-state index contributed by atoms with van der Waals surface area (Å²) in [5.41, 5.74) is -1.52. The molecule has 1 aromatic carbocycles. The van der Waals surface area contributed by atoms with Crippen LogP contribution >= 0.6 is 0 Å². The minimum absolute atomic E-state index is 0.00111. The molecular formula is C20H25F3N4O3. The number of nitrogens with zero attached hydrogens (tertiary/aromatic N) is 4. The second-order valence-electron chi connectivity index (χ2n) is 7.42. The molecule has 30 heavy (non-hydrogen) atoms. The summed E-state index contributed by atoms with van der Waals surface area (Å²) in [4.78, 5) is 11.2. The highest BCUT2D eigenvalue weighted by atomic mass is 19.4. The van der Waals surface area contributed by atoms with Gasteiger partial charge in [-0.15, -0.1) is 0 Å². The summed E-state index contributed by atoms with van der Waals surface area (Å²) in [5, 5.41) is 11.2. The first-order valence-electron chi connectivity index (χ1n) is 9.40. The number of methoxy groups -OCH3 is 2. The van der Waals surface area contributed by atoms with Gasteiger partial charge in [-0.1, -0.05) is 0 Å². The van der Waals surface area contributed by atoms with Gasteiger partial charge in [0.05, 0.1) is 19.8 Å². The molecule has 0 aliphatic carbocycles. The lowest BCUT2D eigenvalue weighted by atomic mass is 9.84. The van der Waals surface area contributed by atoms with E-state index in [1.807, 2.05) is 0 Å². The van der Waals surface area contributed by atoms with E-state index in [-0.39, 0.29) is 11.8 Å². The Morgan fingerprint density at radius 3 is 2.03 bits per heavy atom. The van der Waals surface area contributed by atoms with Crippen LogP contribution in [0.5, 0.6) is 11.5 Å². The van der Waals surface area contributed by atoms with Gasteiger partial charge in [-0.05, 0) is 30.5 Å². The van der Waals surface area contributed by atoms with E-state index in [4.69, 9.17) is 9.47 Å². The standard InChI is InChI=1S/C20H25F3N4O3/c1-26(2)17-12-16(20(21,22)23)24-18(25-17)27-7-5-19(28,6-8-27)13-9-14(29-3)11-15(10-13)30-4/h9-12,28H,5-8H2,1-4H3. The lowest BCUT2D eigenvalue weighted by Crippen LogP contribution is -2.43. The zero-order valence-corrected chi connectivity index (χ0v) is 17.3. The van der Waals surface area contributed by atoms with Crippen LogP contribution < -0.4 is 19.3 Å². The van der Waals surface area contributed by atoms with Gasteiger partial charge in [-0.25, -0.2) is 4.98 Å². The molecule has 2 aromatic rings. The van der Waals surface area contributed by atoms with Crippen LogP contribution in [-0.2, 0) is 11.8 Å². The molecular weight excluding hydrogens is 401 g/mol. The molecule has 164 valence electrons. The second kappa shape index (κ2) is 8.17. The minimum Gasteiger partial charge on any atom is -0.497 e. The van der Waals surface area contributed by atoms with Crippen molar-refractivity contribution in [3.05, 3.63) is 35.5 Å². The van der Waals surface area contributed by atoms with Crippen LogP contribution in [0.25, 0.3) is 0 Å². The maximum absolute atomic E-state index is 13.3. The first kappa shape index (κ1) is 21.9. The molecule has 0 saturated carbocycles. The Kier molecular flexibility index (Phi) is 5.98. The molecule has 0 unspecified atom stereocenters. The van der Waals surface area contributed by atoms with Crippen LogP contribution in [0, 0.1) is 0 Å². The molecule has 1 aliphatic heterocycles. The number of aromatic nitrogens is 2. The number of anilines is 2. The zero-order chi connectivity index (χ0) is 22.1. The summed E-state index contributed by atoms with van der Waals surface area (Å²) >= 11 is 0. The number of ether oxygens (including phenoxy) is 2. The van der Waals surface area contributed by atoms with Gasteiger partial charge in [-0.3, -0.25) is 0 Å². The van der Waals surface area contributed by atoms with Gasteiger partial charge >= 0.3 is 6.18 Å². The largest absolute Gasteiger partial charge is 0.497 e. The van der Waals surface area contributed by atoms with E-state index in [9.17, 15) is 18.3 Å². The first-order valence-corrected chi connectivity index (χ1v) is 9.40. The molecule has 1 aromatic heterocycles. The predicted octanol–water partition coefficient (Wildman–Crippen LogP) is 3.07. The van der Waals surface area contributed by atoms with Crippen LogP contribution in [0.1, 0.15) is 24.1 Å². The number of piperidine rings is 1. The van der Waals surface area contributed by atoms with Crippen molar-refractivity contribution in [3.63, 3.8) is 0 Å². The maximum Gasteiger partial charge on any atom is 0.433 e. The molecule has 0 amide bonds. The van der Waals surface area contributed by atoms with E-state index in [0.29, 0.717) is 43.0 Å². The number of alkyl halides is 3. The number of halogens is 3.